The first-order valence-corrected chi connectivity index (χ1v) is 7.79. The Balaban J connectivity index is 0.00000242. The van der Waals surface area contributed by atoms with Gasteiger partial charge in [0.25, 0.3) is 0 Å². The molecule has 1 aliphatic heterocycles. The van der Waals surface area contributed by atoms with E-state index in [4.69, 9.17) is 15.2 Å². The molecule has 0 aliphatic carbocycles. The molecule has 0 amide bonds. The van der Waals surface area contributed by atoms with Gasteiger partial charge in [-0.25, -0.2) is 0 Å². The molecule has 124 valence electrons. The van der Waals surface area contributed by atoms with E-state index in [0.29, 0.717) is 12.3 Å². The first kappa shape index (κ1) is 18.8. The summed E-state index contributed by atoms with van der Waals surface area (Å²) in [6.07, 6.45) is 3.17. The first-order chi connectivity index (χ1) is 10.1. The lowest BCUT2D eigenvalue weighted by molar-refractivity contribution is -0.155. The third kappa shape index (κ3) is 4.89. The lowest BCUT2D eigenvalue weighted by Gasteiger charge is -2.31. The Morgan fingerprint density at radius 2 is 1.95 bits per heavy atom. The number of cyclic esters (lactones) is 1. The van der Waals surface area contributed by atoms with Crippen molar-refractivity contribution in [1.29, 1.82) is 0 Å². The Kier molecular flexibility index (Phi) is 7.69. The van der Waals surface area contributed by atoms with E-state index in [1.54, 1.807) is 0 Å². The minimum absolute atomic E-state index is 0. The van der Waals surface area contributed by atoms with Crippen LogP contribution in [0.3, 0.4) is 0 Å². The maximum Gasteiger partial charge on any atom is 0.323 e. The zero-order chi connectivity index (χ0) is 15.2. The summed E-state index contributed by atoms with van der Waals surface area (Å²) >= 11 is 0. The summed E-state index contributed by atoms with van der Waals surface area (Å²) in [7, 11) is 0. The van der Waals surface area contributed by atoms with Crippen LogP contribution in [-0.4, -0.2) is 24.2 Å². The molecule has 0 aromatic heterocycles. The molecule has 1 heterocycles. The fourth-order valence-corrected chi connectivity index (χ4v) is 2.89. The molecular weight excluding hydrogens is 302 g/mol. The number of hydrogen-bond donors (Lipinski definition) is 1. The third-order valence-corrected chi connectivity index (χ3v) is 4.16. The second-order valence-corrected chi connectivity index (χ2v) is 5.74. The van der Waals surface area contributed by atoms with Crippen LogP contribution in [0.2, 0.25) is 0 Å². The highest BCUT2D eigenvalue weighted by Crippen LogP contribution is 2.27. The zero-order valence-corrected chi connectivity index (χ0v) is 14.1. The number of halogens is 1. The topological polar surface area (TPSA) is 61.6 Å². The summed E-state index contributed by atoms with van der Waals surface area (Å²) in [5, 5.41) is 0. The lowest BCUT2D eigenvalue weighted by atomic mass is 9.90. The molecule has 2 N–H and O–H groups in total. The molecule has 4 nitrogen and oxygen atoms in total. The van der Waals surface area contributed by atoms with E-state index < -0.39 is 6.04 Å². The largest absolute Gasteiger partial charge is 0.486 e. The molecule has 1 aromatic carbocycles. The normalized spacial score (nSPS) is 29.3. The zero-order valence-electron chi connectivity index (χ0n) is 13.2. The van der Waals surface area contributed by atoms with Crippen molar-refractivity contribution in [3.63, 3.8) is 0 Å². The van der Waals surface area contributed by atoms with E-state index in [0.717, 1.165) is 25.0 Å². The molecule has 1 aromatic rings. The highest BCUT2D eigenvalue weighted by Gasteiger charge is 2.33. The summed E-state index contributed by atoms with van der Waals surface area (Å²) in [6, 6.07) is 9.19. The number of rotatable bonds is 3. The monoisotopic (exact) mass is 327 g/mol. The van der Waals surface area contributed by atoms with Gasteiger partial charge < -0.3 is 15.2 Å². The Labute approximate surface area is 138 Å². The molecule has 0 bridgehead atoms. The van der Waals surface area contributed by atoms with Crippen LogP contribution in [0, 0.1) is 5.92 Å². The third-order valence-electron chi connectivity index (χ3n) is 4.16. The molecule has 22 heavy (non-hydrogen) atoms. The van der Waals surface area contributed by atoms with Gasteiger partial charge in [0.1, 0.15) is 24.0 Å². The highest BCUT2D eigenvalue weighted by molar-refractivity contribution is 5.85. The molecular formula is C17H26ClNO3. The molecule has 4 atom stereocenters. The van der Waals surface area contributed by atoms with Gasteiger partial charge in [0.15, 0.2) is 0 Å². The van der Waals surface area contributed by atoms with Crippen LogP contribution in [0.5, 0.6) is 5.75 Å². The quantitative estimate of drug-likeness (QED) is 0.865. The summed E-state index contributed by atoms with van der Waals surface area (Å²) in [4.78, 5) is 11.9. The number of esters is 1. The SMILES string of the molecule is CC[C@H]1CCC[C@H](N)C(=O)O[C@@H](C)[C@@H]1Oc1ccccc1.Cl. The van der Waals surface area contributed by atoms with Crippen molar-refractivity contribution in [3.05, 3.63) is 30.3 Å². The lowest BCUT2D eigenvalue weighted by Crippen LogP contribution is -2.41. The highest BCUT2D eigenvalue weighted by atomic mass is 35.5. The molecule has 2 rings (SSSR count). The van der Waals surface area contributed by atoms with Crippen LogP contribution in [-0.2, 0) is 9.53 Å². The number of carbonyl (C=O) groups is 1. The molecule has 1 aliphatic rings. The van der Waals surface area contributed by atoms with Crippen LogP contribution in [0.1, 0.15) is 39.5 Å². The fourth-order valence-electron chi connectivity index (χ4n) is 2.89. The van der Waals surface area contributed by atoms with Crippen molar-refractivity contribution in [2.75, 3.05) is 0 Å². The molecule has 1 saturated heterocycles. The van der Waals surface area contributed by atoms with Crippen LogP contribution in [0.25, 0.3) is 0 Å². The maximum absolute atomic E-state index is 11.9. The number of nitrogens with two attached hydrogens (primary N) is 1. The van der Waals surface area contributed by atoms with Crippen LogP contribution < -0.4 is 10.5 Å². The van der Waals surface area contributed by atoms with E-state index in [1.165, 1.54) is 0 Å². The van der Waals surface area contributed by atoms with Crippen molar-refractivity contribution in [3.8, 4) is 5.75 Å². The average Bonchev–Trinajstić information content (AvgIpc) is 2.54. The van der Waals surface area contributed by atoms with Gasteiger partial charge in [0.2, 0.25) is 0 Å². The van der Waals surface area contributed by atoms with Gasteiger partial charge >= 0.3 is 5.97 Å². The van der Waals surface area contributed by atoms with Gasteiger partial charge in [0, 0.05) is 0 Å². The Bertz CT molecular complexity index is 454. The second kappa shape index (κ2) is 9.01. The number of ether oxygens (including phenoxy) is 2. The summed E-state index contributed by atoms with van der Waals surface area (Å²) in [6.45, 7) is 4.05. The van der Waals surface area contributed by atoms with Crippen LogP contribution in [0.15, 0.2) is 30.3 Å². The first-order valence-electron chi connectivity index (χ1n) is 7.79. The molecule has 0 radical (unpaired) electrons. The van der Waals surface area contributed by atoms with E-state index in [2.05, 4.69) is 6.92 Å². The predicted molar refractivity (Wildman–Crippen MR) is 89.3 cm³/mol. The maximum atomic E-state index is 11.9. The standard InChI is InChI=1S/C17H25NO3.ClH/c1-3-13-8-7-11-15(18)17(19)20-12(2)16(13)21-14-9-5-4-6-10-14;/h4-6,9-10,12-13,15-16H,3,7-8,11,18H2,1-2H3;1H/t12-,13-,15-,16-;/m0./s1. The van der Waals surface area contributed by atoms with Gasteiger partial charge in [0.05, 0.1) is 0 Å². The Hall–Kier alpha value is -1.26. The molecule has 0 saturated carbocycles. The van der Waals surface area contributed by atoms with Gasteiger partial charge in [-0.1, -0.05) is 31.5 Å². The Morgan fingerprint density at radius 3 is 2.59 bits per heavy atom. The number of hydrogen-bond acceptors (Lipinski definition) is 4. The molecule has 5 heteroatoms. The van der Waals surface area contributed by atoms with Crippen LogP contribution >= 0.6 is 12.4 Å². The molecule has 0 unspecified atom stereocenters. The van der Waals surface area contributed by atoms with E-state index in [9.17, 15) is 4.79 Å². The number of benzene rings is 1. The van der Waals surface area contributed by atoms with Gasteiger partial charge in [-0.05, 0) is 44.2 Å². The van der Waals surface area contributed by atoms with Crippen molar-refractivity contribution in [2.24, 2.45) is 11.7 Å². The number of para-hydroxylation sites is 1. The molecule has 0 spiro atoms. The smallest absolute Gasteiger partial charge is 0.323 e. The van der Waals surface area contributed by atoms with E-state index >= 15 is 0 Å². The van der Waals surface area contributed by atoms with Gasteiger partial charge in [-0.3, -0.25) is 4.79 Å². The van der Waals surface area contributed by atoms with E-state index in [1.807, 2.05) is 37.3 Å². The van der Waals surface area contributed by atoms with Gasteiger partial charge in [-0.15, -0.1) is 12.4 Å². The van der Waals surface area contributed by atoms with Crippen LogP contribution in [0.4, 0.5) is 0 Å². The van der Waals surface area contributed by atoms with Crippen molar-refractivity contribution in [1.82, 2.24) is 0 Å². The van der Waals surface area contributed by atoms with Gasteiger partial charge in [-0.2, -0.15) is 0 Å². The summed E-state index contributed by atoms with van der Waals surface area (Å²) < 4.78 is 11.6. The second-order valence-electron chi connectivity index (χ2n) is 5.74. The predicted octanol–water partition coefficient (Wildman–Crippen LogP) is 3.32. The van der Waals surface area contributed by atoms with Crippen molar-refractivity contribution >= 4 is 18.4 Å². The minimum Gasteiger partial charge on any atom is -0.486 e. The summed E-state index contributed by atoms with van der Waals surface area (Å²) in [5.41, 5.74) is 5.85. The van der Waals surface area contributed by atoms with Crippen molar-refractivity contribution in [2.45, 2.75) is 57.8 Å². The number of carbonyl (C=O) groups excluding carboxylic acids is 1. The fraction of sp³-hybridized carbons (Fsp3) is 0.588. The summed E-state index contributed by atoms with van der Waals surface area (Å²) in [5.74, 6) is 0.853. The minimum atomic E-state index is -0.513. The molecule has 1 fully saturated rings. The van der Waals surface area contributed by atoms with E-state index in [-0.39, 0.29) is 30.6 Å². The average molecular weight is 328 g/mol. The van der Waals surface area contributed by atoms with Crippen molar-refractivity contribution < 1.29 is 14.3 Å². The Morgan fingerprint density at radius 1 is 1.27 bits per heavy atom.